The number of furan rings is 1. The molecule has 1 unspecified atom stereocenters. The summed E-state index contributed by atoms with van der Waals surface area (Å²) in [5.41, 5.74) is 0. The van der Waals surface area contributed by atoms with Crippen molar-refractivity contribution in [3.05, 3.63) is 34.2 Å². The lowest BCUT2D eigenvalue weighted by molar-refractivity contribution is 0.0606. The number of thiazole rings is 1. The molecule has 1 atom stereocenters. The topological polar surface area (TPSA) is 73.6 Å². The third kappa shape index (κ3) is 3.30. The fraction of sp³-hybridized carbons (Fsp3) is 0.333. The maximum Gasteiger partial charge on any atom is 0.351 e. The molecule has 0 radical (unpaired) electrons. The highest BCUT2D eigenvalue weighted by molar-refractivity contribution is 7.18. The van der Waals surface area contributed by atoms with E-state index in [4.69, 9.17) is 20.8 Å². The largest absolute Gasteiger partial charge is 0.467 e. The minimum atomic E-state index is -0.512. The Morgan fingerprint density at radius 1 is 1.60 bits per heavy atom. The van der Waals surface area contributed by atoms with Crippen LogP contribution in [-0.4, -0.2) is 31.8 Å². The summed E-state index contributed by atoms with van der Waals surface area (Å²) < 4.78 is 15.1. The predicted octanol–water partition coefficient (Wildman–Crippen LogP) is 2.98. The Kier molecular flexibility index (Phi) is 4.99. The number of ether oxygens (including phenoxy) is 2. The lowest BCUT2D eigenvalue weighted by Gasteiger charge is -2.14. The molecule has 0 aromatic carbocycles. The highest BCUT2D eigenvalue weighted by Crippen LogP contribution is 2.30. The van der Waals surface area contributed by atoms with E-state index in [1.165, 1.54) is 7.11 Å². The number of carbonyl (C=O) groups excluding carboxylic acids is 1. The van der Waals surface area contributed by atoms with Gasteiger partial charge in [0, 0.05) is 7.11 Å². The van der Waals surface area contributed by atoms with Crippen molar-refractivity contribution in [1.82, 2.24) is 4.98 Å². The molecule has 0 spiro atoms. The third-order valence-corrected chi connectivity index (χ3v) is 3.83. The molecular weight excluding hydrogens is 304 g/mol. The van der Waals surface area contributed by atoms with Crippen LogP contribution in [0, 0.1) is 0 Å². The Bertz CT molecular complexity index is 570. The molecule has 6 nitrogen and oxygen atoms in total. The summed E-state index contributed by atoms with van der Waals surface area (Å²) in [6.45, 7) is 0.387. The average Bonchev–Trinajstić information content (AvgIpc) is 3.07. The first-order valence-corrected chi connectivity index (χ1v) is 6.88. The smallest absolute Gasteiger partial charge is 0.351 e. The summed E-state index contributed by atoms with van der Waals surface area (Å²) in [5, 5.41) is 3.72. The summed E-state index contributed by atoms with van der Waals surface area (Å²) in [6, 6.07) is 3.39. The van der Waals surface area contributed by atoms with E-state index >= 15 is 0 Å². The monoisotopic (exact) mass is 316 g/mol. The van der Waals surface area contributed by atoms with E-state index in [1.807, 2.05) is 6.07 Å². The number of aromatic nitrogens is 1. The van der Waals surface area contributed by atoms with Gasteiger partial charge in [0.15, 0.2) is 15.2 Å². The second kappa shape index (κ2) is 6.74. The molecule has 2 heterocycles. The summed E-state index contributed by atoms with van der Waals surface area (Å²) in [4.78, 5) is 15.8. The summed E-state index contributed by atoms with van der Waals surface area (Å²) in [6.07, 6.45) is 1.58. The van der Waals surface area contributed by atoms with Crippen LogP contribution in [0.2, 0.25) is 5.15 Å². The molecule has 0 saturated carbocycles. The van der Waals surface area contributed by atoms with Crippen LogP contribution in [0.5, 0.6) is 0 Å². The van der Waals surface area contributed by atoms with Gasteiger partial charge in [0.1, 0.15) is 11.8 Å². The Balaban J connectivity index is 2.17. The van der Waals surface area contributed by atoms with Crippen LogP contribution in [0.3, 0.4) is 0 Å². The normalized spacial score (nSPS) is 12.2. The van der Waals surface area contributed by atoms with Gasteiger partial charge in [-0.15, -0.1) is 0 Å². The van der Waals surface area contributed by atoms with E-state index in [0.717, 1.165) is 11.3 Å². The molecule has 108 valence electrons. The van der Waals surface area contributed by atoms with Gasteiger partial charge in [-0.3, -0.25) is 0 Å². The van der Waals surface area contributed by atoms with Crippen LogP contribution >= 0.6 is 22.9 Å². The van der Waals surface area contributed by atoms with Gasteiger partial charge in [0.05, 0.1) is 20.0 Å². The molecule has 0 amide bonds. The van der Waals surface area contributed by atoms with E-state index in [0.29, 0.717) is 17.5 Å². The number of anilines is 1. The molecule has 1 N–H and O–H groups in total. The van der Waals surface area contributed by atoms with Gasteiger partial charge >= 0.3 is 5.97 Å². The van der Waals surface area contributed by atoms with E-state index in [9.17, 15) is 4.79 Å². The first-order valence-electron chi connectivity index (χ1n) is 5.69. The van der Waals surface area contributed by atoms with E-state index in [2.05, 4.69) is 15.0 Å². The molecular formula is C12H13ClN2O4S. The number of hydrogen-bond acceptors (Lipinski definition) is 7. The number of carbonyl (C=O) groups is 1. The highest BCUT2D eigenvalue weighted by Gasteiger charge is 2.21. The van der Waals surface area contributed by atoms with E-state index < -0.39 is 5.97 Å². The van der Waals surface area contributed by atoms with E-state index in [1.54, 1.807) is 19.4 Å². The van der Waals surface area contributed by atoms with Crippen LogP contribution in [-0.2, 0) is 9.47 Å². The van der Waals surface area contributed by atoms with Crippen LogP contribution in [0.4, 0.5) is 5.13 Å². The minimum Gasteiger partial charge on any atom is -0.467 e. The molecule has 2 aromatic rings. The fourth-order valence-electron chi connectivity index (χ4n) is 1.58. The molecule has 2 aromatic heterocycles. The van der Waals surface area contributed by atoms with Crippen molar-refractivity contribution in [1.29, 1.82) is 0 Å². The SMILES string of the molecule is COCC(Nc1nc(Cl)c(C(=O)OC)s1)c1ccco1. The quantitative estimate of drug-likeness (QED) is 0.826. The van der Waals surface area contributed by atoms with Crippen LogP contribution in [0.25, 0.3) is 0 Å². The van der Waals surface area contributed by atoms with Crippen molar-refractivity contribution in [2.75, 3.05) is 26.1 Å². The summed E-state index contributed by atoms with van der Waals surface area (Å²) in [7, 11) is 2.88. The lowest BCUT2D eigenvalue weighted by atomic mass is 10.2. The summed E-state index contributed by atoms with van der Waals surface area (Å²) in [5.74, 6) is 0.194. The Hall–Kier alpha value is -1.57. The van der Waals surface area contributed by atoms with Gasteiger partial charge in [-0.25, -0.2) is 9.78 Å². The molecule has 0 aliphatic carbocycles. The highest BCUT2D eigenvalue weighted by atomic mass is 35.5. The van der Waals surface area contributed by atoms with Gasteiger partial charge in [0.25, 0.3) is 0 Å². The van der Waals surface area contributed by atoms with Gasteiger partial charge in [-0.2, -0.15) is 0 Å². The summed E-state index contributed by atoms with van der Waals surface area (Å²) >= 11 is 7.03. The van der Waals surface area contributed by atoms with Crippen molar-refractivity contribution in [2.24, 2.45) is 0 Å². The van der Waals surface area contributed by atoms with Gasteiger partial charge in [-0.05, 0) is 12.1 Å². The number of nitrogens with one attached hydrogen (secondary N) is 1. The molecule has 0 aliphatic rings. The average molecular weight is 317 g/mol. The van der Waals surface area contributed by atoms with Gasteiger partial charge in [-0.1, -0.05) is 22.9 Å². The second-order valence-electron chi connectivity index (χ2n) is 3.80. The van der Waals surface area contributed by atoms with Crippen LogP contribution in [0.15, 0.2) is 22.8 Å². The molecule has 20 heavy (non-hydrogen) atoms. The molecule has 8 heteroatoms. The predicted molar refractivity (Wildman–Crippen MR) is 75.4 cm³/mol. The van der Waals surface area contributed by atoms with Crippen molar-refractivity contribution < 1.29 is 18.7 Å². The first kappa shape index (κ1) is 14.8. The Morgan fingerprint density at radius 2 is 2.40 bits per heavy atom. The Labute approximate surface area is 124 Å². The molecule has 2 rings (SSSR count). The Morgan fingerprint density at radius 3 is 3.00 bits per heavy atom. The standard InChI is InChI=1S/C12H13ClN2O4S/c1-17-6-7(8-4-3-5-19-8)14-12-15-10(13)9(20-12)11(16)18-2/h3-5,7H,6H2,1-2H3,(H,14,15). The molecule has 0 aliphatic heterocycles. The third-order valence-electron chi connectivity index (χ3n) is 2.47. The maximum absolute atomic E-state index is 11.5. The van der Waals surface area contributed by atoms with Crippen molar-refractivity contribution in [2.45, 2.75) is 6.04 Å². The number of halogens is 1. The molecule has 0 fully saturated rings. The van der Waals surface area contributed by atoms with Crippen molar-refractivity contribution in [3.8, 4) is 0 Å². The zero-order chi connectivity index (χ0) is 14.5. The molecule has 0 saturated heterocycles. The van der Waals surface area contributed by atoms with Crippen LogP contribution < -0.4 is 5.32 Å². The van der Waals surface area contributed by atoms with Gasteiger partial charge in [0.2, 0.25) is 0 Å². The first-order chi connectivity index (χ1) is 9.65. The minimum absolute atomic E-state index is 0.111. The van der Waals surface area contributed by atoms with Crippen LogP contribution in [0.1, 0.15) is 21.5 Å². The number of nitrogens with zero attached hydrogens (tertiary/aromatic N) is 1. The number of rotatable bonds is 6. The lowest BCUT2D eigenvalue weighted by Crippen LogP contribution is -2.15. The van der Waals surface area contributed by atoms with Crippen molar-refractivity contribution in [3.63, 3.8) is 0 Å². The number of esters is 1. The van der Waals surface area contributed by atoms with Gasteiger partial charge < -0.3 is 19.2 Å². The van der Waals surface area contributed by atoms with Crippen molar-refractivity contribution >= 4 is 34.0 Å². The fourth-order valence-corrected chi connectivity index (χ4v) is 2.74. The second-order valence-corrected chi connectivity index (χ2v) is 5.16. The number of methoxy groups -OCH3 is 2. The molecule has 0 bridgehead atoms. The van der Waals surface area contributed by atoms with E-state index in [-0.39, 0.29) is 16.1 Å². The zero-order valence-electron chi connectivity index (χ0n) is 10.9. The maximum atomic E-state index is 11.5. The zero-order valence-corrected chi connectivity index (χ0v) is 12.5. The number of hydrogen-bond donors (Lipinski definition) is 1.